The van der Waals surface area contributed by atoms with Crippen LogP contribution in [-0.4, -0.2) is 20.2 Å². The van der Waals surface area contributed by atoms with E-state index in [0.29, 0.717) is 17.5 Å². The number of hydrogen-bond donors (Lipinski definition) is 1. The molecule has 0 saturated heterocycles. The van der Waals surface area contributed by atoms with Crippen LogP contribution >= 0.6 is 0 Å². The van der Waals surface area contributed by atoms with Crippen molar-refractivity contribution in [3.8, 4) is 11.6 Å². The number of nitrogens with zero attached hydrogens (tertiary/aromatic N) is 4. The molecule has 0 spiro atoms. The molecule has 72 valence electrons. The van der Waals surface area contributed by atoms with Crippen molar-refractivity contribution in [2.45, 2.75) is 13.0 Å². The summed E-state index contributed by atoms with van der Waals surface area (Å²) in [5, 5.41) is 7.59. The van der Waals surface area contributed by atoms with Crippen LogP contribution in [0.5, 0.6) is 0 Å². The molecule has 2 rings (SSSR count). The topological polar surface area (TPSA) is 90.7 Å². The smallest absolute Gasteiger partial charge is 0.267 e. The van der Waals surface area contributed by atoms with Crippen LogP contribution in [0.2, 0.25) is 0 Å². The fourth-order valence-electron chi connectivity index (χ4n) is 0.932. The van der Waals surface area contributed by atoms with E-state index in [0.717, 1.165) is 0 Å². The molecule has 2 aromatic rings. The first-order valence-electron chi connectivity index (χ1n) is 4.13. The Morgan fingerprint density at radius 3 is 2.79 bits per heavy atom. The van der Waals surface area contributed by atoms with Crippen molar-refractivity contribution in [3.63, 3.8) is 0 Å². The molecule has 1 unspecified atom stereocenters. The largest absolute Gasteiger partial charge is 0.418 e. The van der Waals surface area contributed by atoms with Gasteiger partial charge in [0, 0.05) is 12.4 Å². The van der Waals surface area contributed by atoms with E-state index in [1.54, 1.807) is 25.5 Å². The van der Waals surface area contributed by atoms with Crippen LogP contribution in [0.3, 0.4) is 0 Å². The van der Waals surface area contributed by atoms with Crippen molar-refractivity contribution in [2.75, 3.05) is 0 Å². The summed E-state index contributed by atoms with van der Waals surface area (Å²) in [6.07, 6.45) is 4.69. The monoisotopic (exact) mass is 191 g/mol. The third-order valence-electron chi connectivity index (χ3n) is 1.61. The molecule has 2 N–H and O–H groups in total. The van der Waals surface area contributed by atoms with Crippen LogP contribution in [0, 0.1) is 0 Å². The van der Waals surface area contributed by atoms with Gasteiger partial charge in [-0.1, -0.05) is 0 Å². The molecule has 6 nitrogen and oxygen atoms in total. The normalized spacial score (nSPS) is 12.7. The first-order chi connectivity index (χ1) is 6.77. The number of nitrogens with two attached hydrogens (primary N) is 1. The van der Waals surface area contributed by atoms with Gasteiger partial charge in [-0.25, -0.2) is 4.98 Å². The van der Waals surface area contributed by atoms with Crippen molar-refractivity contribution < 1.29 is 4.42 Å². The minimum absolute atomic E-state index is 0.270. The molecule has 0 aliphatic carbocycles. The standard InChI is InChI=1S/C8H9N5O/c1-5(9)7-12-13-8(14-7)6-4-10-2-3-11-6/h2-5H,9H2,1H3. The lowest BCUT2D eigenvalue weighted by molar-refractivity contribution is 0.472. The van der Waals surface area contributed by atoms with Crippen molar-refractivity contribution in [1.29, 1.82) is 0 Å². The van der Waals surface area contributed by atoms with Crippen LogP contribution in [0.1, 0.15) is 18.9 Å². The van der Waals surface area contributed by atoms with Crippen LogP contribution in [0.15, 0.2) is 23.0 Å². The van der Waals surface area contributed by atoms with E-state index in [9.17, 15) is 0 Å². The maximum atomic E-state index is 5.57. The minimum atomic E-state index is -0.270. The van der Waals surface area contributed by atoms with Crippen molar-refractivity contribution in [3.05, 3.63) is 24.5 Å². The summed E-state index contributed by atoms with van der Waals surface area (Å²) in [6, 6.07) is -0.270. The Bertz CT molecular complexity index is 411. The zero-order valence-electron chi connectivity index (χ0n) is 7.58. The Balaban J connectivity index is 2.34. The SMILES string of the molecule is CC(N)c1nnc(-c2cnccn2)o1. The molecule has 0 fully saturated rings. The molecule has 14 heavy (non-hydrogen) atoms. The second-order valence-electron chi connectivity index (χ2n) is 2.82. The number of rotatable bonds is 2. The van der Waals surface area contributed by atoms with Gasteiger partial charge in [0.1, 0.15) is 5.69 Å². The molecule has 0 saturated carbocycles. The summed E-state index contributed by atoms with van der Waals surface area (Å²) >= 11 is 0. The quantitative estimate of drug-likeness (QED) is 0.745. The Labute approximate surface area is 80.2 Å². The van der Waals surface area contributed by atoms with E-state index >= 15 is 0 Å². The zero-order valence-corrected chi connectivity index (χ0v) is 7.58. The highest BCUT2D eigenvalue weighted by Crippen LogP contribution is 2.15. The maximum absolute atomic E-state index is 5.57. The van der Waals surface area contributed by atoms with Crippen molar-refractivity contribution in [2.24, 2.45) is 5.73 Å². The molecule has 0 aromatic carbocycles. The van der Waals surface area contributed by atoms with Gasteiger partial charge in [0.15, 0.2) is 0 Å². The summed E-state index contributed by atoms with van der Waals surface area (Å²) in [5.74, 6) is 0.732. The van der Waals surface area contributed by atoms with Crippen LogP contribution < -0.4 is 5.73 Å². The number of hydrogen-bond acceptors (Lipinski definition) is 6. The Kier molecular flexibility index (Phi) is 2.19. The fourth-order valence-corrected chi connectivity index (χ4v) is 0.932. The second kappa shape index (κ2) is 3.51. The molecule has 0 aliphatic heterocycles. The van der Waals surface area contributed by atoms with Gasteiger partial charge < -0.3 is 10.2 Å². The van der Waals surface area contributed by atoms with Crippen molar-refractivity contribution in [1.82, 2.24) is 20.2 Å². The van der Waals surface area contributed by atoms with E-state index in [-0.39, 0.29) is 6.04 Å². The second-order valence-corrected chi connectivity index (χ2v) is 2.82. The summed E-state index contributed by atoms with van der Waals surface area (Å²) in [4.78, 5) is 7.92. The van der Waals surface area contributed by atoms with Gasteiger partial charge in [-0.3, -0.25) is 4.98 Å². The first-order valence-corrected chi connectivity index (χ1v) is 4.13. The average molecular weight is 191 g/mol. The van der Waals surface area contributed by atoms with Crippen LogP contribution in [-0.2, 0) is 0 Å². The molecule has 0 radical (unpaired) electrons. The van der Waals surface area contributed by atoms with Crippen molar-refractivity contribution >= 4 is 0 Å². The van der Waals surface area contributed by atoms with Gasteiger partial charge >= 0.3 is 0 Å². The molecule has 6 heteroatoms. The lowest BCUT2D eigenvalue weighted by Gasteiger charge is -1.94. The molecular formula is C8H9N5O. The third-order valence-corrected chi connectivity index (χ3v) is 1.61. The highest BCUT2D eigenvalue weighted by molar-refractivity contribution is 5.43. The van der Waals surface area contributed by atoms with Gasteiger partial charge in [-0.05, 0) is 6.92 Å². The predicted molar refractivity (Wildman–Crippen MR) is 47.9 cm³/mol. The van der Waals surface area contributed by atoms with E-state index in [2.05, 4.69) is 20.2 Å². The zero-order chi connectivity index (χ0) is 9.97. The van der Waals surface area contributed by atoms with Gasteiger partial charge in [-0.2, -0.15) is 0 Å². The predicted octanol–water partition coefficient (Wildman–Crippen LogP) is 0.546. The molecule has 0 amide bonds. The fraction of sp³-hybridized carbons (Fsp3) is 0.250. The molecule has 2 aromatic heterocycles. The van der Waals surface area contributed by atoms with E-state index in [4.69, 9.17) is 10.2 Å². The maximum Gasteiger partial charge on any atom is 0.267 e. The Morgan fingerprint density at radius 1 is 1.36 bits per heavy atom. The number of aromatic nitrogens is 4. The van der Waals surface area contributed by atoms with Crippen LogP contribution in [0.4, 0.5) is 0 Å². The summed E-state index contributed by atoms with van der Waals surface area (Å²) in [5.41, 5.74) is 6.12. The highest BCUT2D eigenvalue weighted by Gasteiger charge is 2.11. The lowest BCUT2D eigenvalue weighted by Crippen LogP contribution is -2.04. The third kappa shape index (κ3) is 1.60. The molecule has 1 atom stereocenters. The lowest BCUT2D eigenvalue weighted by atomic mass is 10.4. The van der Waals surface area contributed by atoms with E-state index in [1.165, 1.54) is 0 Å². The summed E-state index contributed by atoms with van der Waals surface area (Å²) < 4.78 is 5.28. The van der Waals surface area contributed by atoms with Gasteiger partial charge in [0.05, 0.1) is 12.2 Å². The molecule has 2 heterocycles. The average Bonchev–Trinajstić information content (AvgIpc) is 2.68. The van der Waals surface area contributed by atoms with E-state index < -0.39 is 0 Å². The summed E-state index contributed by atoms with van der Waals surface area (Å²) in [6.45, 7) is 1.77. The van der Waals surface area contributed by atoms with Gasteiger partial charge in [0.2, 0.25) is 5.89 Å². The minimum Gasteiger partial charge on any atom is -0.418 e. The Morgan fingerprint density at radius 2 is 2.21 bits per heavy atom. The molecule has 0 bridgehead atoms. The van der Waals surface area contributed by atoms with Gasteiger partial charge in [-0.15, -0.1) is 10.2 Å². The Hall–Kier alpha value is -1.82. The molecule has 0 aliphatic rings. The summed E-state index contributed by atoms with van der Waals surface area (Å²) in [7, 11) is 0. The van der Waals surface area contributed by atoms with Crippen LogP contribution in [0.25, 0.3) is 11.6 Å². The highest BCUT2D eigenvalue weighted by atomic mass is 16.4. The first kappa shape index (κ1) is 8.76. The molecular weight excluding hydrogens is 182 g/mol. The van der Waals surface area contributed by atoms with Gasteiger partial charge in [0.25, 0.3) is 5.89 Å². The van der Waals surface area contributed by atoms with E-state index in [1.807, 2.05) is 0 Å².